The molecule has 1 atom stereocenters. The highest BCUT2D eigenvalue weighted by Gasteiger charge is 2.39. The van der Waals surface area contributed by atoms with Crippen LogP contribution in [0.2, 0.25) is 0 Å². The van der Waals surface area contributed by atoms with Crippen LogP contribution in [0.1, 0.15) is 32.3 Å². The van der Waals surface area contributed by atoms with Crippen molar-refractivity contribution < 1.29 is 19.4 Å². The number of Topliss-reactive ketones (excluding diaryl/α,β-unsaturated/α-hetero) is 2. The predicted octanol–water partition coefficient (Wildman–Crippen LogP) is 1.94. The van der Waals surface area contributed by atoms with Crippen LogP contribution in [0.3, 0.4) is 0 Å². The van der Waals surface area contributed by atoms with Gasteiger partial charge in [0.1, 0.15) is 11.6 Å². The van der Waals surface area contributed by atoms with E-state index in [1.54, 1.807) is 0 Å². The maximum absolute atomic E-state index is 11.8. The zero-order chi connectivity index (χ0) is 17.0. The number of hydrogen-bond donors (Lipinski definition) is 0. The van der Waals surface area contributed by atoms with Crippen LogP contribution in [0.25, 0.3) is 0 Å². The number of carbonyl (C=O) groups is 2. The van der Waals surface area contributed by atoms with Crippen molar-refractivity contribution in [3.05, 3.63) is 50.4 Å². The van der Waals surface area contributed by atoms with Gasteiger partial charge in [-0.05, 0) is 13.8 Å². The lowest BCUT2D eigenvalue weighted by Crippen LogP contribution is -2.33. The molecule has 0 fully saturated rings. The summed E-state index contributed by atoms with van der Waals surface area (Å²) < 4.78 is 0. The van der Waals surface area contributed by atoms with Crippen molar-refractivity contribution in [3.63, 3.8) is 0 Å². The molecule has 0 saturated heterocycles. The highest BCUT2D eigenvalue weighted by atomic mass is 16.8. The molecule has 0 N–H and O–H groups in total. The first-order chi connectivity index (χ1) is 10.2. The van der Waals surface area contributed by atoms with E-state index in [9.17, 15) is 30.1 Å². The van der Waals surface area contributed by atoms with Gasteiger partial charge in [0.05, 0.1) is 16.8 Å². The number of carbonyl (C=O) groups excluding carboxylic acids is 2. The molecular weight excluding hydrogens is 292 g/mol. The predicted molar refractivity (Wildman–Crippen MR) is 78.4 cm³/mol. The molecule has 0 bridgehead atoms. The fourth-order valence-electron chi connectivity index (χ4n) is 2.43. The lowest BCUT2D eigenvalue weighted by atomic mass is 9.78. The van der Waals surface area contributed by atoms with Gasteiger partial charge >= 0.3 is 0 Å². The average Bonchev–Trinajstić information content (AvgIpc) is 2.42. The van der Waals surface area contributed by atoms with Crippen molar-refractivity contribution in [2.24, 2.45) is 5.92 Å². The third-order valence-corrected chi connectivity index (χ3v) is 3.42. The van der Waals surface area contributed by atoms with Crippen LogP contribution >= 0.6 is 0 Å². The second kappa shape index (κ2) is 6.79. The van der Waals surface area contributed by atoms with E-state index in [0.29, 0.717) is 0 Å². The van der Waals surface area contributed by atoms with E-state index < -0.39 is 33.2 Å². The lowest BCUT2D eigenvalue weighted by molar-refractivity contribution is -0.387. The van der Waals surface area contributed by atoms with Crippen LogP contribution in [-0.4, -0.2) is 27.1 Å². The van der Waals surface area contributed by atoms with Crippen LogP contribution in [0.4, 0.5) is 5.69 Å². The number of nitrogens with zero attached hydrogens (tertiary/aromatic N) is 2. The first kappa shape index (κ1) is 17.3. The van der Waals surface area contributed by atoms with E-state index in [0.717, 1.165) is 20.8 Å². The van der Waals surface area contributed by atoms with Crippen LogP contribution in [0.5, 0.6) is 0 Å². The molecule has 1 unspecified atom stereocenters. The molecule has 0 saturated carbocycles. The summed E-state index contributed by atoms with van der Waals surface area (Å²) in [5.41, 5.74) is -0.761. The fourth-order valence-corrected chi connectivity index (χ4v) is 2.43. The molecule has 0 amide bonds. The molecule has 8 heteroatoms. The van der Waals surface area contributed by atoms with Crippen molar-refractivity contribution in [2.75, 3.05) is 0 Å². The minimum absolute atomic E-state index is 0.0166. The molecule has 0 aliphatic carbocycles. The molecule has 1 aromatic carbocycles. The molecule has 0 aromatic heterocycles. The quantitative estimate of drug-likeness (QED) is 0.260. The van der Waals surface area contributed by atoms with Crippen molar-refractivity contribution in [2.45, 2.75) is 26.7 Å². The second-order valence-corrected chi connectivity index (χ2v) is 4.89. The van der Waals surface area contributed by atoms with Crippen LogP contribution < -0.4 is 0 Å². The first-order valence-electron chi connectivity index (χ1n) is 6.40. The van der Waals surface area contributed by atoms with E-state index in [4.69, 9.17) is 0 Å². The molecule has 0 aliphatic rings. The van der Waals surface area contributed by atoms with Crippen molar-refractivity contribution in [3.8, 4) is 0 Å². The Morgan fingerprint density at radius 2 is 1.50 bits per heavy atom. The van der Waals surface area contributed by atoms with Gasteiger partial charge in [0.2, 0.25) is 0 Å². The summed E-state index contributed by atoms with van der Waals surface area (Å²) >= 11 is 0. The van der Waals surface area contributed by atoms with Crippen LogP contribution in [0.15, 0.2) is 24.3 Å². The SMILES string of the molecule is CC(=O)C(C(C)=O)C(C(C)=[N+]([O-])[O-])c1ccccc1[N+](=O)[O-]. The summed E-state index contributed by atoms with van der Waals surface area (Å²) in [5.74, 6) is -3.74. The summed E-state index contributed by atoms with van der Waals surface area (Å²) in [6.07, 6.45) is 0. The Kier molecular flexibility index (Phi) is 5.33. The summed E-state index contributed by atoms with van der Waals surface area (Å²) in [5, 5.41) is 33.4. The van der Waals surface area contributed by atoms with E-state index in [2.05, 4.69) is 0 Å². The number of hydrogen-bond acceptors (Lipinski definition) is 6. The van der Waals surface area contributed by atoms with E-state index in [-0.39, 0.29) is 17.0 Å². The highest BCUT2D eigenvalue weighted by molar-refractivity contribution is 6.06. The fraction of sp³-hybridized carbons (Fsp3) is 0.357. The van der Waals surface area contributed by atoms with E-state index in [1.165, 1.54) is 24.3 Å². The van der Waals surface area contributed by atoms with Gasteiger partial charge in [-0.1, -0.05) is 18.2 Å². The number of para-hydroxylation sites is 1. The topological polar surface area (TPSA) is 126 Å². The van der Waals surface area contributed by atoms with E-state index in [1.807, 2.05) is 0 Å². The van der Waals surface area contributed by atoms with Gasteiger partial charge < -0.3 is 10.4 Å². The summed E-state index contributed by atoms with van der Waals surface area (Å²) in [7, 11) is 0. The molecule has 1 aromatic rings. The summed E-state index contributed by atoms with van der Waals surface area (Å²) in [4.78, 5) is 33.3. The normalized spacial score (nSPS) is 11.8. The standard InChI is InChI=1S/C14H15N2O6/c1-8(15(19)20)13(14(9(2)17)10(3)18)11-6-4-5-7-12(11)16(21)22/h4-7,13-14H,1-3H3/q-1. The van der Waals surface area contributed by atoms with Crippen molar-refractivity contribution in [1.82, 2.24) is 0 Å². The van der Waals surface area contributed by atoms with Gasteiger partial charge in [0.25, 0.3) is 5.69 Å². The van der Waals surface area contributed by atoms with Gasteiger partial charge in [-0.25, -0.2) is 0 Å². The summed E-state index contributed by atoms with van der Waals surface area (Å²) in [6, 6.07) is 5.40. The number of benzene rings is 1. The Hall–Kier alpha value is -2.77. The third-order valence-electron chi connectivity index (χ3n) is 3.42. The van der Waals surface area contributed by atoms with Gasteiger partial charge in [-0.3, -0.25) is 19.7 Å². The lowest BCUT2D eigenvalue weighted by Gasteiger charge is -2.23. The zero-order valence-corrected chi connectivity index (χ0v) is 12.3. The van der Waals surface area contributed by atoms with Crippen LogP contribution in [0, 0.1) is 26.4 Å². The number of nitro groups is 1. The molecule has 8 nitrogen and oxygen atoms in total. The largest absolute Gasteiger partial charge is 0.612 e. The first-order valence-corrected chi connectivity index (χ1v) is 6.40. The monoisotopic (exact) mass is 307 g/mol. The Morgan fingerprint density at radius 3 is 1.91 bits per heavy atom. The van der Waals surface area contributed by atoms with Crippen molar-refractivity contribution >= 4 is 23.0 Å². The van der Waals surface area contributed by atoms with Gasteiger partial charge in [0, 0.05) is 18.6 Å². The molecule has 22 heavy (non-hydrogen) atoms. The van der Waals surface area contributed by atoms with Gasteiger partial charge in [0.15, 0.2) is 5.71 Å². The molecule has 118 valence electrons. The Bertz CT molecular complexity index is 634. The molecule has 0 aliphatic heterocycles. The maximum atomic E-state index is 11.8. The second-order valence-electron chi connectivity index (χ2n) is 4.89. The Morgan fingerprint density at radius 1 is 1.00 bits per heavy atom. The average molecular weight is 307 g/mol. The van der Waals surface area contributed by atoms with E-state index >= 15 is 0 Å². The van der Waals surface area contributed by atoms with Crippen molar-refractivity contribution in [1.29, 1.82) is 0 Å². The Balaban J connectivity index is 3.67. The minimum Gasteiger partial charge on any atom is -0.612 e. The minimum atomic E-state index is -1.33. The maximum Gasteiger partial charge on any atom is 0.273 e. The smallest absolute Gasteiger partial charge is 0.273 e. The molecule has 0 radical (unpaired) electrons. The Labute approximate surface area is 126 Å². The molecule has 0 heterocycles. The summed E-state index contributed by atoms with van der Waals surface area (Å²) in [6.45, 7) is 3.43. The molecule has 1 rings (SSSR count). The van der Waals surface area contributed by atoms with Crippen LogP contribution in [-0.2, 0) is 9.59 Å². The highest BCUT2D eigenvalue weighted by Crippen LogP contribution is 2.34. The number of ketones is 2. The third kappa shape index (κ3) is 3.46. The van der Waals surface area contributed by atoms with Gasteiger partial charge in [-0.2, -0.15) is 4.90 Å². The molecular formula is C14H15N2O6-. The number of nitro benzene ring substituents is 1. The van der Waals surface area contributed by atoms with Gasteiger partial charge in [-0.15, -0.1) is 0 Å². The molecule has 0 spiro atoms. The zero-order valence-electron chi connectivity index (χ0n) is 12.3. The number of rotatable bonds is 6.